The van der Waals surface area contributed by atoms with Crippen LogP contribution in [0.3, 0.4) is 0 Å². The molecular weight excluding hydrogens is 332 g/mol. The summed E-state index contributed by atoms with van der Waals surface area (Å²) >= 11 is 0. The first-order valence-electron chi connectivity index (χ1n) is 8.20. The van der Waals surface area contributed by atoms with Crippen LogP contribution < -0.4 is 5.32 Å². The number of hydrogen-bond acceptors (Lipinski definition) is 6. The summed E-state index contributed by atoms with van der Waals surface area (Å²) in [6.07, 6.45) is 4.78. The number of aromatic nitrogens is 3. The van der Waals surface area contributed by atoms with E-state index in [-0.39, 0.29) is 12.5 Å². The van der Waals surface area contributed by atoms with Crippen molar-refractivity contribution in [3.63, 3.8) is 0 Å². The van der Waals surface area contributed by atoms with Gasteiger partial charge in [-0.15, -0.1) is 0 Å². The standard InChI is InChI=1S/C18H16N6O2/c19-11-24-6-7-26-17(10-24)18(25)22-12-4-5-20-16(8-12)13-2-1-3-15-14(13)9-21-23-15/h1-5,8-9,17H,6-7,10H2,(H,21,23)(H,20,22,25)/t17-/m1/s1. The Morgan fingerprint density at radius 1 is 1.42 bits per heavy atom. The smallest absolute Gasteiger partial charge is 0.255 e. The van der Waals surface area contributed by atoms with Crippen LogP contribution in [0.5, 0.6) is 0 Å². The summed E-state index contributed by atoms with van der Waals surface area (Å²) in [5, 5.41) is 19.8. The van der Waals surface area contributed by atoms with Crippen LogP contribution in [-0.4, -0.2) is 51.8 Å². The average Bonchev–Trinajstić information content (AvgIpc) is 3.17. The fourth-order valence-electron chi connectivity index (χ4n) is 2.97. The van der Waals surface area contributed by atoms with E-state index in [2.05, 4.69) is 26.7 Å². The van der Waals surface area contributed by atoms with E-state index in [0.29, 0.717) is 18.8 Å². The van der Waals surface area contributed by atoms with E-state index in [1.54, 1.807) is 18.5 Å². The van der Waals surface area contributed by atoms with E-state index < -0.39 is 6.10 Å². The number of nitriles is 1. The number of ether oxygens (including phenoxy) is 1. The van der Waals surface area contributed by atoms with Gasteiger partial charge in [-0.2, -0.15) is 10.4 Å². The number of carbonyl (C=O) groups excluding carboxylic acids is 1. The number of benzene rings is 1. The molecule has 1 fully saturated rings. The first-order chi connectivity index (χ1) is 12.7. The van der Waals surface area contributed by atoms with Crippen LogP contribution in [0.2, 0.25) is 0 Å². The molecule has 0 radical (unpaired) electrons. The fraction of sp³-hybridized carbons (Fsp3) is 0.222. The number of amides is 1. The van der Waals surface area contributed by atoms with Gasteiger partial charge in [0, 0.05) is 22.8 Å². The summed E-state index contributed by atoms with van der Waals surface area (Å²) in [7, 11) is 0. The zero-order valence-electron chi connectivity index (χ0n) is 13.8. The van der Waals surface area contributed by atoms with Gasteiger partial charge in [0.05, 0.1) is 37.1 Å². The summed E-state index contributed by atoms with van der Waals surface area (Å²) < 4.78 is 5.47. The molecule has 1 aliphatic rings. The SMILES string of the molecule is N#CN1CCO[C@@H](C(=O)Nc2ccnc(-c3cccc4[nH]ncc34)c2)C1. The number of hydrogen-bond donors (Lipinski definition) is 2. The molecule has 130 valence electrons. The lowest BCUT2D eigenvalue weighted by Gasteiger charge is -2.28. The molecule has 1 saturated heterocycles. The summed E-state index contributed by atoms with van der Waals surface area (Å²) in [4.78, 5) is 18.4. The van der Waals surface area contributed by atoms with Gasteiger partial charge in [0.2, 0.25) is 0 Å². The van der Waals surface area contributed by atoms with Gasteiger partial charge >= 0.3 is 0 Å². The second-order valence-corrected chi connectivity index (χ2v) is 5.96. The summed E-state index contributed by atoms with van der Waals surface area (Å²) in [5.41, 5.74) is 3.21. The number of anilines is 1. The summed E-state index contributed by atoms with van der Waals surface area (Å²) in [6, 6.07) is 9.36. The molecule has 2 aromatic heterocycles. The van der Waals surface area contributed by atoms with Crippen LogP contribution in [-0.2, 0) is 9.53 Å². The molecule has 1 amide bonds. The largest absolute Gasteiger partial charge is 0.365 e. The van der Waals surface area contributed by atoms with Crippen LogP contribution in [0.25, 0.3) is 22.2 Å². The van der Waals surface area contributed by atoms with Crippen molar-refractivity contribution in [2.45, 2.75) is 6.10 Å². The van der Waals surface area contributed by atoms with Crippen molar-refractivity contribution in [2.75, 3.05) is 25.0 Å². The highest BCUT2D eigenvalue weighted by Crippen LogP contribution is 2.27. The first kappa shape index (κ1) is 16.1. The number of fused-ring (bicyclic) bond motifs is 1. The van der Waals surface area contributed by atoms with E-state index in [0.717, 1.165) is 22.2 Å². The van der Waals surface area contributed by atoms with Gasteiger partial charge in [0.15, 0.2) is 12.3 Å². The molecule has 1 aliphatic heterocycles. The monoisotopic (exact) mass is 348 g/mol. The van der Waals surface area contributed by atoms with Crippen molar-refractivity contribution < 1.29 is 9.53 Å². The van der Waals surface area contributed by atoms with Crippen molar-refractivity contribution in [3.05, 3.63) is 42.7 Å². The molecule has 0 bridgehead atoms. The zero-order valence-corrected chi connectivity index (χ0v) is 13.8. The Balaban J connectivity index is 1.56. The first-order valence-corrected chi connectivity index (χ1v) is 8.20. The van der Waals surface area contributed by atoms with Crippen LogP contribution in [0, 0.1) is 11.5 Å². The number of aromatic amines is 1. The number of nitrogens with one attached hydrogen (secondary N) is 2. The molecule has 0 aliphatic carbocycles. The number of nitrogens with zero attached hydrogens (tertiary/aromatic N) is 4. The third-order valence-corrected chi connectivity index (χ3v) is 4.29. The molecule has 2 N–H and O–H groups in total. The normalized spacial score (nSPS) is 17.0. The quantitative estimate of drug-likeness (QED) is 0.698. The molecule has 3 heterocycles. The Morgan fingerprint density at radius 3 is 3.23 bits per heavy atom. The molecule has 26 heavy (non-hydrogen) atoms. The van der Waals surface area contributed by atoms with Gasteiger partial charge in [0.25, 0.3) is 5.91 Å². The molecule has 0 saturated carbocycles. The number of pyridine rings is 1. The van der Waals surface area contributed by atoms with Gasteiger partial charge in [-0.1, -0.05) is 12.1 Å². The summed E-state index contributed by atoms with van der Waals surface area (Å²) in [5.74, 6) is -0.274. The minimum Gasteiger partial charge on any atom is -0.365 e. The van der Waals surface area contributed by atoms with Crippen molar-refractivity contribution in [1.29, 1.82) is 5.26 Å². The topological polar surface area (TPSA) is 107 Å². The lowest BCUT2D eigenvalue weighted by molar-refractivity contribution is -0.131. The van der Waals surface area contributed by atoms with Crippen LogP contribution in [0.4, 0.5) is 5.69 Å². The predicted octanol–water partition coefficient (Wildman–Crippen LogP) is 1.75. The zero-order chi connectivity index (χ0) is 17.9. The van der Waals surface area contributed by atoms with Gasteiger partial charge < -0.3 is 15.0 Å². The van der Waals surface area contributed by atoms with Crippen LogP contribution in [0.15, 0.2) is 42.7 Å². The van der Waals surface area contributed by atoms with E-state index in [1.807, 2.05) is 24.3 Å². The van der Waals surface area contributed by atoms with Gasteiger partial charge in [0.1, 0.15) is 0 Å². The molecule has 4 rings (SSSR count). The highest BCUT2D eigenvalue weighted by molar-refractivity contribution is 5.96. The Kier molecular flexibility index (Phi) is 4.21. The molecule has 0 spiro atoms. The maximum absolute atomic E-state index is 12.4. The van der Waals surface area contributed by atoms with Crippen LogP contribution in [0.1, 0.15) is 0 Å². The van der Waals surface area contributed by atoms with Crippen LogP contribution >= 0.6 is 0 Å². The van der Waals surface area contributed by atoms with Gasteiger partial charge in [-0.25, -0.2) is 0 Å². The fourth-order valence-corrected chi connectivity index (χ4v) is 2.97. The van der Waals surface area contributed by atoms with Crippen molar-refractivity contribution in [1.82, 2.24) is 20.1 Å². The van der Waals surface area contributed by atoms with E-state index >= 15 is 0 Å². The number of rotatable bonds is 3. The highest BCUT2D eigenvalue weighted by Gasteiger charge is 2.26. The van der Waals surface area contributed by atoms with Crippen molar-refractivity contribution >= 4 is 22.5 Å². The maximum atomic E-state index is 12.4. The second kappa shape index (κ2) is 6.82. The van der Waals surface area contributed by atoms with Gasteiger partial charge in [-0.3, -0.25) is 14.9 Å². The highest BCUT2D eigenvalue weighted by atomic mass is 16.5. The molecule has 1 atom stereocenters. The third kappa shape index (κ3) is 3.08. The Labute approximate surface area is 149 Å². The lowest BCUT2D eigenvalue weighted by Crippen LogP contribution is -2.46. The molecule has 3 aromatic rings. The Bertz CT molecular complexity index is 993. The Morgan fingerprint density at radius 2 is 2.35 bits per heavy atom. The number of morpholine rings is 1. The predicted molar refractivity (Wildman–Crippen MR) is 94.9 cm³/mol. The minimum absolute atomic E-state index is 0.259. The van der Waals surface area contributed by atoms with E-state index in [9.17, 15) is 4.79 Å². The van der Waals surface area contributed by atoms with Crippen molar-refractivity contribution in [3.8, 4) is 17.5 Å². The minimum atomic E-state index is -0.669. The third-order valence-electron chi connectivity index (χ3n) is 4.29. The molecule has 8 heteroatoms. The number of H-pyrrole nitrogens is 1. The lowest BCUT2D eigenvalue weighted by atomic mass is 10.1. The average molecular weight is 348 g/mol. The molecule has 0 unspecified atom stereocenters. The molecule has 1 aromatic carbocycles. The van der Waals surface area contributed by atoms with Crippen molar-refractivity contribution in [2.24, 2.45) is 0 Å². The number of carbonyl (C=O) groups is 1. The van der Waals surface area contributed by atoms with E-state index in [1.165, 1.54) is 4.90 Å². The molecule has 8 nitrogen and oxygen atoms in total. The Hall–Kier alpha value is -3.44. The van der Waals surface area contributed by atoms with Gasteiger partial charge in [-0.05, 0) is 18.2 Å². The summed E-state index contributed by atoms with van der Waals surface area (Å²) in [6.45, 7) is 1.12. The molecular formula is C18H16N6O2. The second-order valence-electron chi connectivity index (χ2n) is 5.96. The maximum Gasteiger partial charge on any atom is 0.255 e. The van der Waals surface area contributed by atoms with E-state index in [4.69, 9.17) is 10.00 Å².